The number of nitrogens with two attached hydrogens (primary N) is 1. The van der Waals surface area contributed by atoms with Crippen LogP contribution in [0.2, 0.25) is 0 Å². The second-order valence-electron chi connectivity index (χ2n) is 6.24. The molecule has 24 heavy (non-hydrogen) atoms. The van der Waals surface area contributed by atoms with Crippen LogP contribution in [0.25, 0.3) is 0 Å². The molecule has 1 fully saturated rings. The number of hydrogen-bond donors (Lipinski definition) is 1. The lowest BCUT2D eigenvalue weighted by Crippen LogP contribution is -2.42. The molecule has 0 spiro atoms. The summed E-state index contributed by atoms with van der Waals surface area (Å²) in [5.74, 6) is 1.22. The van der Waals surface area contributed by atoms with E-state index in [1.165, 1.54) is 18.4 Å². The molecule has 0 radical (unpaired) electrons. The maximum absolute atomic E-state index is 12.4. The molecule has 0 amide bonds. The van der Waals surface area contributed by atoms with Gasteiger partial charge in [0.2, 0.25) is 10.0 Å². The molecule has 8 heteroatoms. The van der Waals surface area contributed by atoms with Gasteiger partial charge < -0.3 is 10.6 Å². The van der Waals surface area contributed by atoms with Crippen molar-refractivity contribution in [1.82, 2.24) is 9.21 Å². The number of halogens is 1. The van der Waals surface area contributed by atoms with Crippen molar-refractivity contribution >= 4 is 40.0 Å². The highest BCUT2D eigenvalue weighted by Gasteiger charge is 2.21. The van der Waals surface area contributed by atoms with Crippen LogP contribution < -0.4 is 5.73 Å². The molecule has 1 aliphatic rings. The largest absolute Gasteiger partial charge is 0.370 e. The molecule has 1 heterocycles. The van der Waals surface area contributed by atoms with Crippen LogP contribution in [0.1, 0.15) is 25.3 Å². The Morgan fingerprint density at radius 3 is 2.46 bits per heavy atom. The third kappa shape index (κ3) is 5.06. The van der Waals surface area contributed by atoms with Gasteiger partial charge >= 0.3 is 0 Å². The van der Waals surface area contributed by atoms with Gasteiger partial charge in [-0.05, 0) is 30.4 Å². The van der Waals surface area contributed by atoms with Crippen LogP contribution in [-0.2, 0) is 16.6 Å². The Morgan fingerprint density at radius 2 is 1.88 bits per heavy atom. The van der Waals surface area contributed by atoms with Crippen LogP contribution in [-0.4, -0.2) is 50.8 Å². The molecule has 1 aromatic rings. The molecule has 2 N–H and O–H groups in total. The van der Waals surface area contributed by atoms with Crippen molar-refractivity contribution in [1.29, 1.82) is 0 Å². The fraction of sp³-hybridized carbons (Fsp3) is 0.562. The third-order valence-electron chi connectivity index (χ3n) is 4.25. The highest BCUT2D eigenvalue weighted by Crippen LogP contribution is 2.20. The first-order valence-corrected chi connectivity index (χ1v) is 9.31. The van der Waals surface area contributed by atoms with Crippen LogP contribution in [0.4, 0.5) is 0 Å². The molecule has 0 atom stereocenters. The second-order valence-corrected chi connectivity index (χ2v) is 8.36. The fourth-order valence-electron chi connectivity index (χ4n) is 2.59. The lowest BCUT2D eigenvalue weighted by molar-refractivity contribution is 0.277. The monoisotopic (exact) mass is 466 g/mol. The minimum absolute atomic E-state index is 0. The van der Waals surface area contributed by atoms with E-state index in [1.807, 2.05) is 6.07 Å². The standard InChI is InChI=1S/C16H26N4O2S.HI/c1-13-8-10-20(11-9-13)16(17)18-12-14-6-4-5-7-15(14)23(21,22)19(2)3;/h4-7,13H,8-12H2,1-3H3,(H2,17,18);1H. The summed E-state index contributed by atoms with van der Waals surface area (Å²) in [5, 5.41) is 0. The van der Waals surface area contributed by atoms with Crippen LogP contribution in [0.5, 0.6) is 0 Å². The number of piperidine rings is 1. The van der Waals surface area contributed by atoms with E-state index in [4.69, 9.17) is 5.73 Å². The van der Waals surface area contributed by atoms with Crippen molar-refractivity contribution in [3.8, 4) is 0 Å². The summed E-state index contributed by atoms with van der Waals surface area (Å²) in [6.45, 7) is 4.33. The minimum Gasteiger partial charge on any atom is -0.370 e. The van der Waals surface area contributed by atoms with Crippen LogP contribution >= 0.6 is 24.0 Å². The Labute approximate surface area is 162 Å². The first-order chi connectivity index (χ1) is 10.8. The van der Waals surface area contributed by atoms with Gasteiger partial charge in [-0.25, -0.2) is 17.7 Å². The van der Waals surface area contributed by atoms with Crippen molar-refractivity contribution in [2.24, 2.45) is 16.6 Å². The van der Waals surface area contributed by atoms with E-state index < -0.39 is 10.0 Å². The minimum atomic E-state index is -3.48. The Bertz CT molecular complexity index is 668. The normalized spacial score (nSPS) is 17.0. The molecule has 1 aliphatic heterocycles. The van der Waals surface area contributed by atoms with E-state index in [9.17, 15) is 8.42 Å². The van der Waals surface area contributed by atoms with Crippen molar-refractivity contribution in [2.75, 3.05) is 27.2 Å². The smallest absolute Gasteiger partial charge is 0.242 e. The van der Waals surface area contributed by atoms with Gasteiger partial charge in [0.1, 0.15) is 0 Å². The highest BCUT2D eigenvalue weighted by atomic mass is 127. The van der Waals surface area contributed by atoms with E-state index in [-0.39, 0.29) is 35.4 Å². The summed E-state index contributed by atoms with van der Waals surface area (Å²) in [6, 6.07) is 6.93. The molecule has 0 aliphatic carbocycles. The van der Waals surface area contributed by atoms with E-state index >= 15 is 0 Å². The highest BCUT2D eigenvalue weighted by molar-refractivity contribution is 14.0. The van der Waals surface area contributed by atoms with Crippen molar-refractivity contribution in [3.05, 3.63) is 29.8 Å². The molecule has 0 aromatic heterocycles. The maximum atomic E-state index is 12.4. The maximum Gasteiger partial charge on any atom is 0.242 e. The molecule has 2 rings (SSSR count). The number of guanidine groups is 1. The van der Waals surface area contributed by atoms with Gasteiger partial charge in [-0.2, -0.15) is 0 Å². The lowest BCUT2D eigenvalue weighted by Gasteiger charge is -2.31. The van der Waals surface area contributed by atoms with Crippen molar-refractivity contribution in [2.45, 2.75) is 31.2 Å². The number of benzene rings is 1. The average Bonchev–Trinajstić information content (AvgIpc) is 2.53. The molecule has 1 saturated heterocycles. The summed E-state index contributed by atoms with van der Waals surface area (Å²) >= 11 is 0. The fourth-order valence-corrected chi connectivity index (χ4v) is 3.69. The molecule has 1 aromatic carbocycles. The quantitative estimate of drug-likeness (QED) is 0.419. The van der Waals surface area contributed by atoms with Crippen LogP contribution in [0.3, 0.4) is 0 Å². The Balaban J connectivity index is 0.00000288. The molecule has 6 nitrogen and oxygen atoms in total. The Kier molecular flexibility index (Phi) is 7.94. The zero-order chi connectivity index (χ0) is 17.0. The number of nitrogens with zero attached hydrogens (tertiary/aromatic N) is 3. The van der Waals surface area contributed by atoms with Gasteiger partial charge in [0, 0.05) is 27.2 Å². The molecule has 136 valence electrons. The number of rotatable bonds is 4. The van der Waals surface area contributed by atoms with Gasteiger partial charge in [0.25, 0.3) is 0 Å². The average molecular weight is 466 g/mol. The number of hydrogen-bond acceptors (Lipinski definition) is 3. The van der Waals surface area contributed by atoms with Crippen molar-refractivity contribution < 1.29 is 8.42 Å². The second kappa shape index (κ2) is 9.00. The van der Waals surface area contributed by atoms with Gasteiger partial charge in [0.15, 0.2) is 5.96 Å². The summed E-state index contributed by atoms with van der Waals surface area (Å²) in [6.07, 6.45) is 2.23. The first kappa shape index (κ1) is 21.2. The summed E-state index contributed by atoms with van der Waals surface area (Å²) < 4.78 is 26.0. The van der Waals surface area contributed by atoms with Gasteiger partial charge in [-0.3, -0.25) is 0 Å². The molecule has 0 saturated carbocycles. The van der Waals surface area contributed by atoms with Crippen LogP contribution in [0.15, 0.2) is 34.2 Å². The van der Waals surface area contributed by atoms with E-state index in [1.54, 1.807) is 18.2 Å². The predicted molar refractivity (Wildman–Crippen MR) is 108 cm³/mol. The molecular weight excluding hydrogens is 439 g/mol. The van der Waals surface area contributed by atoms with E-state index in [2.05, 4.69) is 16.8 Å². The molecular formula is C16H27IN4O2S. The van der Waals surface area contributed by atoms with Crippen molar-refractivity contribution in [3.63, 3.8) is 0 Å². The summed E-state index contributed by atoms with van der Waals surface area (Å²) in [5.41, 5.74) is 6.74. The molecule has 0 unspecified atom stereocenters. The van der Waals surface area contributed by atoms with Crippen LogP contribution in [0, 0.1) is 5.92 Å². The van der Waals surface area contributed by atoms with Gasteiger partial charge in [0.05, 0.1) is 11.4 Å². The predicted octanol–water partition coefficient (Wildman–Crippen LogP) is 2.10. The third-order valence-corrected chi connectivity index (χ3v) is 6.17. The topological polar surface area (TPSA) is 79.0 Å². The summed E-state index contributed by atoms with van der Waals surface area (Å²) in [4.78, 5) is 6.77. The van der Waals surface area contributed by atoms with E-state index in [0.29, 0.717) is 11.5 Å². The summed E-state index contributed by atoms with van der Waals surface area (Å²) in [7, 11) is -0.425. The number of sulfonamides is 1. The lowest BCUT2D eigenvalue weighted by atomic mass is 10.00. The zero-order valence-corrected chi connectivity index (χ0v) is 17.6. The van der Waals surface area contributed by atoms with Gasteiger partial charge in [-0.15, -0.1) is 24.0 Å². The number of aliphatic imine (C=N–C) groups is 1. The van der Waals surface area contributed by atoms with E-state index in [0.717, 1.165) is 31.8 Å². The van der Waals surface area contributed by atoms with Gasteiger partial charge in [-0.1, -0.05) is 25.1 Å². The Morgan fingerprint density at radius 1 is 1.29 bits per heavy atom. The SMILES string of the molecule is CC1CCN(C(N)=NCc2ccccc2S(=O)(=O)N(C)C)CC1.I. The zero-order valence-electron chi connectivity index (χ0n) is 14.5. The number of likely N-dealkylation sites (tertiary alicyclic amines) is 1. The molecule has 0 bridgehead atoms. The first-order valence-electron chi connectivity index (χ1n) is 7.87. The Hall–Kier alpha value is -0.870.